The van der Waals surface area contributed by atoms with Crippen LogP contribution in [-0.2, 0) is 11.3 Å². The molecule has 6 nitrogen and oxygen atoms in total. The Labute approximate surface area is 154 Å². The Kier molecular flexibility index (Phi) is 5.32. The minimum atomic E-state index is -1.02. The summed E-state index contributed by atoms with van der Waals surface area (Å²) in [6, 6.07) is 9.70. The maximum atomic E-state index is 12.6. The van der Waals surface area contributed by atoms with E-state index in [0.717, 1.165) is 29.1 Å². The van der Waals surface area contributed by atoms with Crippen molar-refractivity contribution < 1.29 is 14.6 Å². The van der Waals surface area contributed by atoms with Gasteiger partial charge in [-0.15, -0.1) is 0 Å². The number of aryl methyl sites for hydroxylation is 3. The van der Waals surface area contributed by atoms with Crippen LogP contribution >= 0.6 is 0 Å². The van der Waals surface area contributed by atoms with Gasteiger partial charge < -0.3 is 14.7 Å². The summed E-state index contributed by atoms with van der Waals surface area (Å²) in [5.74, 6) is 0.708. The molecule has 1 N–H and O–H groups in total. The van der Waals surface area contributed by atoms with Gasteiger partial charge in [0.1, 0.15) is 24.5 Å². The fraction of sp³-hybridized carbons (Fsp3) is 0.500. The molecule has 0 aliphatic carbocycles. The third-order valence-corrected chi connectivity index (χ3v) is 4.82. The van der Waals surface area contributed by atoms with Crippen LogP contribution in [0.25, 0.3) is 0 Å². The lowest BCUT2D eigenvalue weighted by Gasteiger charge is -2.39. The maximum absolute atomic E-state index is 12.6. The highest BCUT2D eigenvalue weighted by atomic mass is 16.5. The Balaban J connectivity index is 1.59. The van der Waals surface area contributed by atoms with Gasteiger partial charge in [-0.1, -0.05) is 17.7 Å². The average molecular weight is 357 g/mol. The summed E-state index contributed by atoms with van der Waals surface area (Å²) in [5, 5.41) is 15.2. The molecule has 1 aromatic carbocycles. The first-order valence-corrected chi connectivity index (χ1v) is 9.05. The third-order valence-electron chi connectivity index (χ3n) is 4.82. The monoisotopic (exact) mass is 357 g/mol. The van der Waals surface area contributed by atoms with Gasteiger partial charge >= 0.3 is 0 Å². The topological polar surface area (TPSA) is 67.6 Å². The summed E-state index contributed by atoms with van der Waals surface area (Å²) in [5.41, 5.74) is 2.01. The number of nitrogens with zero attached hydrogens (tertiary/aromatic N) is 3. The van der Waals surface area contributed by atoms with Crippen molar-refractivity contribution in [3.63, 3.8) is 0 Å². The summed E-state index contributed by atoms with van der Waals surface area (Å²) < 4.78 is 7.48. The molecule has 2 aromatic rings. The van der Waals surface area contributed by atoms with Crippen molar-refractivity contribution in [3.8, 4) is 5.75 Å². The number of likely N-dealkylation sites (tertiary alicyclic amines) is 1. The Morgan fingerprint density at radius 1 is 1.27 bits per heavy atom. The molecule has 1 atom stereocenters. The second-order valence-corrected chi connectivity index (χ2v) is 7.33. The van der Waals surface area contributed by atoms with Gasteiger partial charge in [-0.05, 0) is 51.8 Å². The molecule has 2 heterocycles. The van der Waals surface area contributed by atoms with Crippen LogP contribution in [0.5, 0.6) is 5.75 Å². The van der Waals surface area contributed by atoms with Crippen molar-refractivity contribution in [3.05, 3.63) is 47.3 Å². The number of carbonyl (C=O) groups is 1. The number of hydrogen-bond donors (Lipinski definition) is 1. The largest absolute Gasteiger partial charge is 0.491 e. The lowest BCUT2D eigenvalue weighted by atomic mass is 9.93. The zero-order chi connectivity index (χ0) is 18.7. The van der Waals surface area contributed by atoms with Gasteiger partial charge in [-0.3, -0.25) is 9.48 Å². The van der Waals surface area contributed by atoms with Crippen LogP contribution in [-0.4, -0.2) is 51.0 Å². The summed E-state index contributed by atoms with van der Waals surface area (Å²) in [7, 11) is 0. The second-order valence-electron chi connectivity index (χ2n) is 7.33. The van der Waals surface area contributed by atoms with Crippen LogP contribution in [0.15, 0.2) is 30.3 Å². The van der Waals surface area contributed by atoms with Crippen LogP contribution in [0.1, 0.15) is 29.8 Å². The third kappa shape index (κ3) is 4.43. The van der Waals surface area contributed by atoms with Crippen molar-refractivity contribution in [2.45, 2.75) is 45.8 Å². The SMILES string of the molecule is Cc1ccc(OC[C@]2(O)CCCN(C(=O)Cn3nc(C)cc3C)C2)cc1. The maximum Gasteiger partial charge on any atom is 0.244 e. The molecule has 3 rings (SSSR count). The molecule has 1 saturated heterocycles. The van der Waals surface area contributed by atoms with Gasteiger partial charge in [-0.25, -0.2) is 0 Å². The zero-order valence-electron chi connectivity index (χ0n) is 15.7. The van der Waals surface area contributed by atoms with Gasteiger partial charge in [-0.2, -0.15) is 5.10 Å². The number of β-amino-alcohol motifs (C(OH)–C–C–N with tert-alkyl or cyclic N) is 1. The smallest absolute Gasteiger partial charge is 0.244 e. The molecule has 140 valence electrons. The first-order valence-electron chi connectivity index (χ1n) is 9.05. The minimum absolute atomic E-state index is 0.0235. The van der Waals surface area contributed by atoms with Gasteiger partial charge in [0.05, 0.1) is 12.2 Å². The minimum Gasteiger partial charge on any atom is -0.491 e. The van der Waals surface area contributed by atoms with E-state index in [1.807, 2.05) is 51.1 Å². The van der Waals surface area contributed by atoms with Crippen LogP contribution in [0.4, 0.5) is 0 Å². The molecule has 1 aromatic heterocycles. The molecule has 0 spiro atoms. The van der Waals surface area contributed by atoms with Crippen molar-refractivity contribution in [2.75, 3.05) is 19.7 Å². The number of carbonyl (C=O) groups excluding carboxylic acids is 1. The van der Waals surface area contributed by atoms with Crippen LogP contribution in [0.2, 0.25) is 0 Å². The fourth-order valence-corrected chi connectivity index (χ4v) is 3.36. The molecule has 0 bridgehead atoms. The van der Waals surface area contributed by atoms with Crippen molar-refractivity contribution in [1.82, 2.24) is 14.7 Å². The summed E-state index contributed by atoms with van der Waals surface area (Å²) >= 11 is 0. The number of piperidine rings is 1. The van der Waals surface area contributed by atoms with Crippen LogP contribution in [0.3, 0.4) is 0 Å². The highest BCUT2D eigenvalue weighted by molar-refractivity contribution is 5.76. The highest BCUT2D eigenvalue weighted by Crippen LogP contribution is 2.23. The summed E-state index contributed by atoms with van der Waals surface area (Å²) in [6.45, 7) is 7.20. The van der Waals surface area contributed by atoms with Gasteiger partial charge in [0.25, 0.3) is 0 Å². The van der Waals surface area contributed by atoms with E-state index in [4.69, 9.17) is 4.74 Å². The van der Waals surface area contributed by atoms with Crippen molar-refractivity contribution in [2.24, 2.45) is 0 Å². The molecule has 0 unspecified atom stereocenters. The molecule has 0 saturated carbocycles. The van der Waals surface area contributed by atoms with Gasteiger partial charge in [0.2, 0.25) is 5.91 Å². The van der Waals surface area contributed by atoms with E-state index in [1.54, 1.807) is 9.58 Å². The lowest BCUT2D eigenvalue weighted by Crippen LogP contribution is -2.54. The summed E-state index contributed by atoms with van der Waals surface area (Å²) in [4.78, 5) is 14.4. The van der Waals surface area contributed by atoms with Crippen LogP contribution < -0.4 is 4.74 Å². The second kappa shape index (κ2) is 7.50. The highest BCUT2D eigenvalue weighted by Gasteiger charge is 2.36. The first kappa shape index (κ1) is 18.5. The Hall–Kier alpha value is -2.34. The Morgan fingerprint density at radius 2 is 2.00 bits per heavy atom. The van der Waals surface area contributed by atoms with E-state index in [2.05, 4.69) is 5.10 Å². The molecule has 6 heteroatoms. The number of benzene rings is 1. The Morgan fingerprint density at radius 3 is 2.65 bits per heavy atom. The number of amides is 1. The van der Waals surface area contributed by atoms with E-state index >= 15 is 0 Å². The first-order chi connectivity index (χ1) is 12.3. The van der Waals surface area contributed by atoms with Gasteiger partial charge in [0.15, 0.2) is 0 Å². The number of aliphatic hydroxyl groups is 1. The Bertz CT molecular complexity index is 769. The van der Waals surface area contributed by atoms with Crippen molar-refractivity contribution >= 4 is 5.91 Å². The van der Waals surface area contributed by atoms with Gasteiger partial charge in [0, 0.05) is 12.2 Å². The predicted octanol–water partition coefficient (Wildman–Crippen LogP) is 2.24. The number of hydrogen-bond acceptors (Lipinski definition) is 4. The van der Waals surface area contributed by atoms with E-state index in [9.17, 15) is 9.90 Å². The number of aromatic nitrogens is 2. The average Bonchev–Trinajstić information content (AvgIpc) is 2.91. The predicted molar refractivity (Wildman–Crippen MR) is 99.1 cm³/mol. The number of ether oxygens (including phenoxy) is 1. The molecule has 1 fully saturated rings. The molecule has 1 aliphatic rings. The lowest BCUT2D eigenvalue weighted by molar-refractivity contribution is -0.141. The van der Waals surface area contributed by atoms with E-state index in [0.29, 0.717) is 13.0 Å². The quantitative estimate of drug-likeness (QED) is 0.891. The molecule has 0 radical (unpaired) electrons. The number of rotatable bonds is 5. The normalized spacial score (nSPS) is 20.2. The zero-order valence-corrected chi connectivity index (χ0v) is 15.7. The molecular formula is C20H27N3O3. The molecule has 26 heavy (non-hydrogen) atoms. The molecular weight excluding hydrogens is 330 g/mol. The molecule has 1 aliphatic heterocycles. The van der Waals surface area contributed by atoms with Crippen molar-refractivity contribution in [1.29, 1.82) is 0 Å². The van der Waals surface area contributed by atoms with E-state index in [-0.39, 0.29) is 25.6 Å². The standard InChI is InChI=1S/C20H27N3O3/c1-15-5-7-18(8-6-15)26-14-20(25)9-4-10-22(13-20)19(24)12-23-17(3)11-16(2)21-23/h5-8,11,25H,4,9-10,12-14H2,1-3H3/t20-/m0/s1. The summed E-state index contributed by atoms with van der Waals surface area (Å²) in [6.07, 6.45) is 1.39. The molecule has 1 amide bonds. The van der Waals surface area contributed by atoms with E-state index < -0.39 is 5.60 Å². The fourth-order valence-electron chi connectivity index (χ4n) is 3.36. The van der Waals surface area contributed by atoms with E-state index in [1.165, 1.54) is 0 Å². The van der Waals surface area contributed by atoms with Crippen LogP contribution in [0, 0.1) is 20.8 Å².